The minimum Gasteiger partial charge on any atom is -0.333 e. The molecule has 1 saturated heterocycles. The third-order valence-corrected chi connectivity index (χ3v) is 6.15. The summed E-state index contributed by atoms with van der Waals surface area (Å²) >= 11 is 0. The summed E-state index contributed by atoms with van der Waals surface area (Å²) in [7, 11) is 0. The summed E-state index contributed by atoms with van der Waals surface area (Å²) < 4.78 is 0. The van der Waals surface area contributed by atoms with Crippen LogP contribution in [-0.2, 0) is 9.59 Å². The topological polar surface area (TPSA) is 49.4 Å². The summed E-state index contributed by atoms with van der Waals surface area (Å²) in [4.78, 5) is 28.4. The zero-order valence-corrected chi connectivity index (χ0v) is 17.2. The molecule has 2 aliphatic carbocycles. The number of benzene rings is 1. The molecule has 2 amide bonds. The predicted octanol–water partition coefficient (Wildman–Crippen LogP) is 4.18. The molecule has 0 spiro atoms. The number of nitrogens with one attached hydrogen (secondary N) is 1. The van der Waals surface area contributed by atoms with Gasteiger partial charge in [-0.25, -0.2) is 0 Å². The van der Waals surface area contributed by atoms with Crippen molar-refractivity contribution in [3.63, 3.8) is 0 Å². The van der Waals surface area contributed by atoms with E-state index >= 15 is 0 Å². The van der Waals surface area contributed by atoms with E-state index in [9.17, 15) is 9.59 Å². The molecule has 4 nitrogen and oxygen atoms in total. The van der Waals surface area contributed by atoms with Crippen LogP contribution >= 0.6 is 0 Å². The zero-order valence-electron chi connectivity index (χ0n) is 17.2. The highest BCUT2D eigenvalue weighted by atomic mass is 16.2. The van der Waals surface area contributed by atoms with Crippen LogP contribution in [0.15, 0.2) is 66.8 Å². The van der Waals surface area contributed by atoms with Crippen LogP contribution in [-0.4, -0.2) is 28.9 Å². The molecule has 4 heteroatoms. The molecule has 1 heterocycles. The highest BCUT2D eigenvalue weighted by molar-refractivity contribution is 5.93. The second-order valence-corrected chi connectivity index (χ2v) is 8.80. The molecule has 5 atom stereocenters. The quantitative estimate of drug-likeness (QED) is 0.820. The first-order valence-electron chi connectivity index (χ1n) is 10.7. The van der Waals surface area contributed by atoms with Crippen LogP contribution in [0.2, 0.25) is 0 Å². The van der Waals surface area contributed by atoms with Crippen molar-refractivity contribution in [1.82, 2.24) is 10.2 Å². The van der Waals surface area contributed by atoms with Gasteiger partial charge < -0.3 is 10.2 Å². The number of hydrogen-bond donors (Lipinski definition) is 1. The van der Waals surface area contributed by atoms with E-state index in [0.717, 1.165) is 12.8 Å². The average molecular weight is 391 g/mol. The molecule has 0 radical (unpaired) electrons. The Hall–Kier alpha value is -2.62. The van der Waals surface area contributed by atoms with Gasteiger partial charge in [-0.15, -0.1) is 0 Å². The summed E-state index contributed by atoms with van der Waals surface area (Å²) in [5, 5.41) is 3.15. The van der Waals surface area contributed by atoms with Crippen LogP contribution in [0.1, 0.15) is 44.6 Å². The Balaban J connectivity index is 1.59. The van der Waals surface area contributed by atoms with Gasteiger partial charge in [0.15, 0.2) is 0 Å². The lowest BCUT2D eigenvalue weighted by atomic mass is 9.97. The Morgan fingerprint density at radius 3 is 2.66 bits per heavy atom. The van der Waals surface area contributed by atoms with Gasteiger partial charge in [0.05, 0.1) is 0 Å². The molecular weight excluding hydrogens is 360 g/mol. The van der Waals surface area contributed by atoms with E-state index in [2.05, 4.69) is 43.4 Å². The van der Waals surface area contributed by atoms with E-state index in [1.165, 1.54) is 5.56 Å². The third-order valence-electron chi connectivity index (χ3n) is 6.15. The molecule has 1 aliphatic heterocycles. The van der Waals surface area contributed by atoms with Gasteiger partial charge in [0.25, 0.3) is 0 Å². The fourth-order valence-corrected chi connectivity index (χ4v) is 4.59. The Bertz CT molecular complexity index is 840. The van der Waals surface area contributed by atoms with Gasteiger partial charge in [0.1, 0.15) is 12.2 Å². The summed E-state index contributed by atoms with van der Waals surface area (Å²) in [6.45, 7) is 4.22. The number of carbonyl (C=O) groups excluding carboxylic acids is 2. The molecule has 1 N–H and O–H groups in total. The second kappa shape index (κ2) is 8.40. The Morgan fingerprint density at radius 2 is 1.90 bits per heavy atom. The summed E-state index contributed by atoms with van der Waals surface area (Å²) in [5.41, 5.74) is 1.22. The fourth-order valence-electron chi connectivity index (χ4n) is 4.59. The van der Waals surface area contributed by atoms with E-state index in [-0.39, 0.29) is 41.8 Å². The lowest BCUT2D eigenvalue weighted by Crippen LogP contribution is -2.48. The van der Waals surface area contributed by atoms with E-state index < -0.39 is 0 Å². The van der Waals surface area contributed by atoms with Gasteiger partial charge in [-0.1, -0.05) is 80.6 Å². The molecule has 4 rings (SSSR count). The molecule has 0 bridgehead atoms. The lowest BCUT2D eigenvalue weighted by Gasteiger charge is -2.33. The first kappa shape index (κ1) is 19.7. The molecular formula is C25H30N2O2. The second-order valence-electron chi connectivity index (χ2n) is 8.80. The van der Waals surface area contributed by atoms with Crippen LogP contribution in [0.25, 0.3) is 0 Å². The van der Waals surface area contributed by atoms with Gasteiger partial charge in [0, 0.05) is 11.8 Å². The number of rotatable bonds is 5. The lowest BCUT2D eigenvalue weighted by molar-refractivity contribution is -0.138. The zero-order chi connectivity index (χ0) is 20.4. The van der Waals surface area contributed by atoms with E-state index in [1.807, 2.05) is 47.4 Å². The molecule has 29 heavy (non-hydrogen) atoms. The molecule has 1 saturated carbocycles. The first-order valence-corrected chi connectivity index (χ1v) is 10.7. The number of nitrogens with zero attached hydrogens (tertiary/aromatic N) is 1. The number of amides is 2. The predicted molar refractivity (Wildman–Crippen MR) is 115 cm³/mol. The number of carbonyl (C=O) groups is 2. The Labute approximate surface area is 173 Å². The van der Waals surface area contributed by atoms with Crippen molar-refractivity contribution in [3.8, 4) is 0 Å². The fraction of sp³-hybridized carbons (Fsp3) is 0.440. The van der Waals surface area contributed by atoms with Crippen LogP contribution in [0.5, 0.6) is 0 Å². The Morgan fingerprint density at radius 1 is 1.14 bits per heavy atom. The van der Waals surface area contributed by atoms with Crippen molar-refractivity contribution in [2.75, 3.05) is 0 Å². The monoisotopic (exact) mass is 390 g/mol. The molecule has 2 fully saturated rings. The average Bonchev–Trinajstić information content (AvgIpc) is 3.42. The largest absolute Gasteiger partial charge is 0.333 e. The van der Waals surface area contributed by atoms with Crippen LogP contribution in [0, 0.1) is 17.8 Å². The molecule has 1 aromatic carbocycles. The van der Waals surface area contributed by atoms with Crippen molar-refractivity contribution in [1.29, 1.82) is 0 Å². The van der Waals surface area contributed by atoms with E-state index in [1.54, 1.807) is 0 Å². The van der Waals surface area contributed by atoms with Crippen LogP contribution in [0.4, 0.5) is 0 Å². The van der Waals surface area contributed by atoms with Gasteiger partial charge >= 0.3 is 0 Å². The normalized spacial score (nSPS) is 30.9. The summed E-state index contributed by atoms with van der Waals surface area (Å²) in [5.74, 6) is 0.798. The van der Waals surface area contributed by atoms with Crippen molar-refractivity contribution in [2.24, 2.45) is 17.8 Å². The van der Waals surface area contributed by atoms with E-state index in [4.69, 9.17) is 0 Å². The SMILES string of the molecule is CC(C)CC1C(=O)NC(C2C=CC=CC=CC2)N1C(=O)C1CC1c1ccccc1. The molecule has 3 aliphatic rings. The highest BCUT2D eigenvalue weighted by Crippen LogP contribution is 2.49. The van der Waals surface area contributed by atoms with Crippen LogP contribution < -0.4 is 5.32 Å². The van der Waals surface area contributed by atoms with E-state index in [0.29, 0.717) is 12.3 Å². The minimum atomic E-state index is -0.372. The maximum Gasteiger partial charge on any atom is 0.244 e. The van der Waals surface area contributed by atoms with Gasteiger partial charge in [-0.05, 0) is 36.7 Å². The van der Waals surface area contributed by atoms with Crippen molar-refractivity contribution < 1.29 is 9.59 Å². The molecule has 152 valence electrons. The first-order chi connectivity index (χ1) is 14.1. The third kappa shape index (κ3) is 4.21. The molecule has 0 aromatic heterocycles. The van der Waals surface area contributed by atoms with Crippen molar-refractivity contribution in [3.05, 3.63) is 72.4 Å². The smallest absolute Gasteiger partial charge is 0.244 e. The van der Waals surface area contributed by atoms with Crippen LogP contribution in [0.3, 0.4) is 0 Å². The minimum absolute atomic E-state index is 0.0102. The summed E-state index contributed by atoms with van der Waals surface area (Å²) in [6, 6.07) is 9.89. The maximum absolute atomic E-state index is 13.6. The highest BCUT2D eigenvalue weighted by Gasteiger charge is 2.52. The van der Waals surface area contributed by atoms with Crippen molar-refractivity contribution >= 4 is 11.8 Å². The number of allylic oxidation sites excluding steroid dienone is 5. The molecule has 1 aromatic rings. The Kier molecular flexibility index (Phi) is 5.70. The number of hydrogen-bond acceptors (Lipinski definition) is 2. The van der Waals surface area contributed by atoms with Gasteiger partial charge in [-0.3, -0.25) is 9.59 Å². The van der Waals surface area contributed by atoms with Gasteiger partial charge in [0.2, 0.25) is 11.8 Å². The maximum atomic E-state index is 13.6. The van der Waals surface area contributed by atoms with Crippen molar-refractivity contribution in [2.45, 2.75) is 51.2 Å². The molecule has 5 unspecified atom stereocenters. The standard InChI is InChI=1S/C25H30N2O2/c1-17(2)15-22-24(28)26-23(19-13-7-4-3-5-8-14-19)27(22)25(29)21-16-20(21)18-11-9-6-10-12-18/h3-13,17,19-23H,14-16H2,1-2H3,(H,26,28). The summed E-state index contributed by atoms with van der Waals surface area (Å²) in [6.07, 6.45) is 14.4. The van der Waals surface area contributed by atoms with Gasteiger partial charge in [-0.2, -0.15) is 0 Å².